The minimum atomic E-state index is -0.162. The number of rotatable bonds is 2. The Morgan fingerprint density at radius 1 is 1.53 bits per heavy atom. The van der Waals surface area contributed by atoms with Gasteiger partial charge < -0.3 is 14.7 Å². The van der Waals surface area contributed by atoms with Crippen molar-refractivity contribution in [2.75, 3.05) is 24.6 Å². The zero-order valence-corrected chi connectivity index (χ0v) is 8.87. The fraction of sp³-hybridized carbons (Fsp3) is 0.875. The van der Waals surface area contributed by atoms with Gasteiger partial charge in [-0.2, -0.15) is 0 Å². The first-order valence-corrected chi connectivity index (χ1v) is 4.94. The molecular weight excluding hydrogens is 198 g/mol. The summed E-state index contributed by atoms with van der Waals surface area (Å²) in [6, 6.07) is 0. The molecule has 2 rings (SSSR count). The summed E-state index contributed by atoms with van der Waals surface area (Å²) in [6.45, 7) is 3.35. The first kappa shape index (κ1) is 10.3. The SMILES string of the molecule is CC1CN(c2nnnn2C)CC(CO)O1. The second-order valence-corrected chi connectivity index (χ2v) is 3.76. The molecule has 0 saturated carbocycles. The average molecular weight is 213 g/mol. The topological polar surface area (TPSA) is 76.3 Å². The van der Waals surface area contributed by atoms with Gasteiger partial charge >= 0.3 is 0 Å². The van der Waals surface area contributed by atoms with Crippen LogP contribution in [-0.2, 0) is 11.8 Å². The van der Waals surface area contributed by atoms with Crippen LogP contribution in [0.25, 0.3) is 0 Å². The van der Waals surface area contributed by atoms with E-state index in [2.05, 4.69) is 15.5 Å². The minimum absolute atomic E-state index is 0.0200. The molecule has 0 aliphatic carbocycles. The number of aliphatic hydroxyl groups excluding tert-OH is 1. The predicted molar refractivity (Wildman–Crippen MR) is 52.4 cm³/mol. The van der Waals surface area contributed by atoms with Crippen LogP contribution in [0.3, 0.4) is 0 Å². The first-order chi connectivity index (χ1) is 7.20. The Morgan fingerprint density at radius 3 is 2.93 bits per heavy atom. The molecule has 2 atom stereocenters. The van der Waals surface area contributed by atoms with Gasteiger partial charge in [-0.05, 0) is 17.4 Å². The molecule has 15 heavy (non-hydrogen) atoms. The summed E-state index contributed by atoms with van der Waals surface area (Å²) >= 11 is 0. The highest BCUT2D eigenvalue weighted by atomic mass is 16.5. The van der Waals surface area contributed by atoms with Crippen LogP contribution < -0.4 is 4.90 Å². The van der Waals surface area contributed by atoms with E-state index in [0.717, 1.165) is 6.54 Å². The summed E-state index contributed by atoms with van der Waals surface area (Å²) < 4.78 is 7.15. The maximum Gasteiger partial charge on any atom is 0.245 e. The number of aromatic nitrogens is 4. The van der Waals surface area contributed by atoms with Crippen molar-refractivity contribution in [3.05, 3.63) is 0 Å². The van der Waals surface area contributed by atoms with Crippen molar-refractivity contribution in [1.29, 1.82) is 0 Å². The van der Waals surface area contributed by atoms with Crippen molar-refractivity contribution >= 4 is 5.95 Å². The molecule has 0 bridgehead atoms. The molecule has 7 heteroatoms. The van der Waals surface area contributed by atoms with Crippen LogP contribution in [0.2, 0.25) is 0 Å². The third-order valence-electron chi connectivity index (χ3n) is 2.41. The van der Waals surface area contributed by atoms with E-state index in [4.69, 9.17) is 9.84 Å². The van der Waals surface area contributed by atoms with Crippen LogP contribution in [0.15, 0.2) is 0 Å². The molecule has 0 spiro atoms. The monoisotopic (exact) mass is 213 g/mol. The molecule has 0 amide bonds. The number of hydrogen-bond donors (Lipinski definition) is 1. The zero-order chi connectivity index (χ0) is 10.8. The first-order valence-electron chi connectivity index (χ1n) is 4.94. The highest BCUT2D eigenvalue weighted by Gasteiger charge is 2.27. The molecule has 1 aromatic heterocycles. The Labute approximate surface area is 87.6 Å². The van der Waals surface area contributed by atoms with Crippen LogP contribution >= 0.6 is 0 Å². The van der Waals surface area contributed by atoms with E-state index < -0.39 is 0 Å². The Kier molecular flexibility index (Phi) is 2.83. The van der Waals surface area contributed by atoms with Crippen molar-refractivity contribution in [3.8, 4) is 0 Å². The van der Waals surface area contributed by atoms with Gasteiger partial charge in [0.1, 0.15) is 0 Å². The number of nitrogens with zero attached hydrogens (tertiary/aromatic N) is 5. The van der Waals surface area contributed by atoms with E-state index in [1.165, 1.54) is 0 Å². The third kappa shape index (κ3) is 2.07. The second-order valence-electron chi connectivity index (χ2n) is 3.76. The summed E-state index contributed by atoms with van der Waals surface area (Å²) in [5.74, 6) is 0.712. The van der Waals surface area contributed by atoms with Crippen molar-refractivity contribution in [2.45, 2.75) is 19.1 Å². The number of anilines is 1. The number of aliphatic hydroxyl groups is 1. The molecule has 84 valence electrons. The predicted octanol–water partition coefficient (Wildman–Crippen LogP) is -1.20. The van der Waals surface area contributed by atoms with Gasteiger partial charge in [0.15, 0.2) is 0 Å². The molecular formula is C8H15N5O2. The van der Waals surface area contributed by atoms with E-state index in [-0.39, 0.29) is 18.8 Å². The van der Waals surface area contributed by atoms with Gasteiger partial charge in [-0.15, -0.1) is 0 Å². The fourth-order valence-corrected chi connectivity index (χ4v) is 1.80. The molecule has 7 nitrogen and oxygen atoms in total. The van der Waals surface area contributed by atoms with E-state index in [0.29, 0.717) is 12.5 Å². The highest BCUT2D eigenvalue weighted by Crippen LogP contribution is 2.16. The maximum atomic E-state index is 9.08. The standard InChI is InChI=1S/C8H15N5O2/c1-6-3-13(4-7(5-14)15-6)8-9-10-11-12(8)2/h6-7,14H,3-5H2,1-2H3. The van der Waals surface area contributed by atoms with Gasteiger partial charge in [0.25, 0.3) is 0 Å². The molecule has 1 fully saturated rings. The molecule has 1 aliphatic rings. The summed E-state index contributed by atoms with van der Waals surface area (Å²) in [5, 5.41) is 20.4. The molecule has 2 unspecified atom stereocenters. The molecule has 1 N–H and O–H groups in total. The van der Waals surface area contributed by atoms with Gasteiger partial charge in [-0.25, -0.2) is 4.68 Å². The summed E-state index contributed by atoms with van der Waals surface area (Å²) in [4.78, 5) is 2.02. The Morgan fingerprint density at radius 2 is 2.33 bits per heavy atom. The van der Waals surface area contributed by atoms with Crippen LogP contribution in [-0.4, -0.2) is 57.2 Å². The highest BCUT2D eigenvalue weighted by molar-refractivity contribution is 5.29. The summed E-state index contributed by atoms with van der Waals surface area (Å²) in [5.41, 5.74) is 0. The van der Waals surface area contributed by atoms with E-state index in [9.17, 15) is 0 Å². The van der Waals surface area contributed by atoms with Crippen molar-refractivity contribution in [1.82, 2.24) is 20.2 Å². The number of ether oxygens (including phenoxy) is 1. The van der Waals surface area contributed by atoms with Crippen molar-refractivity contribution < 1.29 is 9.84 Å². The number of tetrazole rings is 1. The van der Waals surface area contributed by atoms with Gasteiger partial charge in [0.05, 0.1) is 18.8 Å². The normalized spacial score (nSPS) is 27.0. The molecule has 0 radical (unpaired) electrons. The molecule has 1 aliphatic heterocycles. The number of aryl methyl sites for hydroxylation is 1. The molecule has 2 heterocycles. The lowest BCUT2D eigenvalue weighted by atomic mass is 10.2. The fourth-order valence-electron chi connectivity index (χ4n) is 1.80. The molecule has 1 saturated heterocycles. The second kappa shape index (κ2) is 4.11. The van der Waals surface area contributed by atoms with Crippen LogP contribution in [0.4, 0.5) is 5.95 Å². The van der Waals surface area contributed by atoms with Crippen LogP contribution in [0.5, 0.6) is 0 Å². The lowest BCUT2D eigenvalue weighted by Gasteiger charge is -2.35. The van der Waals surface area contributed by atoms with Crippen LogP contribution in [0.1, 0.15) is 6.92 Å². The van der Waals surface area contributed by atoms with Crippen LogP contribution in [0, 0.1) is 0 Å². The Balaban J connectivity index is 2.12. The van der Waals surface area contributed by atoms with Gasteiger partial charge in [-0.3, -0.25) is 0 Å². The van der Waals surface area contributed by atoms with Gasteiger partial charge in [0.2, 0.25) is 5.95 Å². The van der Waals surface area contributed by atoms with E-state index in [1.807, 2.05) is 11.8 Å². The zero-order valence-electron chi connectivity index (χ0n) is 8.87. The maximum absolute atomic E-state index is 9.08. The quantitative estimate of drug-likeness (QED) is 0.664. The van der Waals surface area contributed by atoms with E-state index in [1.54, 1.807) is 11.7 Å². The van der Waals surface area contributed by atoms with E-state index >= 15 is 0 Å². The Hall–Kier alpha value is -1.21. The molecule has 0 aromatic carbocycles. The third-order valence-corrected chi connectivity index (χ3v) is 2.41. The van der Waals surface area contributed by atoms with Gasteiger partial charge in [-0.1, -0.05) is 5.10 Å². The Bertz CT molecular complexity index is 329. The largest absolute Gasteiger partial charge is 0.394 e. The lowest BCUT2D eigenvalue weighted by molar-refractivity contribution is -0.0426. The van der Waals surface area contributed by atoms with Crippen molar-refractivity contribution in [2.24, 2.45) is 7.05 Å². The summed E-state index contributed by atoms with van der Waals surface area (Å²) in [6.07, 6.45) is -0.0851. The summed E-state index contributed by atoms with van der Waals surface area (Å²) in [7, 11) is 1.80. The minimum Gasteiger partial charge on any atom is -0.394 e. The number of morpholine rings is 1. The van der Waals surface area contributed by atoms with Gasteiger partial charge in [0, 0.05) is 20.1 Å². The van der Waals surface area contributed by atoms with Crippen molar-refractivity contribution in [3.63, 3.8) is 0 Å². The molecule has 1 aromatic rings. The number of hydrogen-bond acceptors (Lipinski definition) is 6. The lowest BCUT2D eigenvalue weighted by Crippen LogP contribution is -2.48. The smallest absolute Gasteiger partial charge is 0.245 e. The average Bonchev–Trinajstić information content (AvgIpc) is 2.63.